The molecule has 0 spiro atoms. The van der Waals surface area contributed by atoms with E-state index in [0.717, 1.165) is 31.5 Å². The van der Waals surface area contributed by atoms with Gasteiger partial charge in [0, 0.05) is 24.2 Å². The van der Waals surface area contributed by atoms with Crippen molar-refractivity contribution in [1.29, 1.82) is 5.41 Å². The van der Waals surface area contributed by atoms with Gasteiger partial charge in [0.25, 0.3) is 0 Å². The van der Waals surface area contributed by atoms with E-state index in [1.54, 1.807) is 13.0 Å². The first-order chi connectivity index (χ1) is 7.20. The lowest BCUT2D eigenvalue weighted by Crippen LogP contribution is -2.35. The molecule has 80 valence electrons. The van der Waals surface area contributed by atoms with Gasteiger partial charge in [0.15, 0.2) is 0 Å². The molecule has 1 aliphatic rings. The standard InChI is InChI=1S/C12H15FN2/c1-9-10(13)5-4-6-11(9)15-8-3-2-7-12(15)14/h4-6,14H,2-3,7-8H2,1H3. The highest BCUT2D eigenvalue weighted by molar-refractivity contribution is 5.96. The number of piperidine rings is 1. The van der Waals surface area contributed by atoms with Gasteiger partial charge in [0.2, 0.25) is 0 Å². The Hall–Kier alpha value is -1.38. The highest BCUT2D eigenvalue weighted by Crippen LogP contribution is 2.25. The Morgan fingerprint density at radius 3 is 2.87 bits per heavy atom. The van der Waals surface area contributed by atoms with Gasteiger partial charge in [-0.1, -0.05) is 6.07 Å². The van der Waals surface area contributed by atoms with E-state index < -0.39 is 0 Å². The minimum Gasteiger partial charge on any atom is -0.330 e. The van der Waals surface area contributed by atoms with Crippen molar-refractivity contribution in [1.82, 2.24) is 0 Å². The third kappa shape index (κ3) is 1.87. The number of benzene rings is 1. The first-order valence-corrected chi connectivity index (χ1v) is 5.30. The summed E-state index contributed by atoms with van der Waals surface area (Å²) in [5.74, 6) is 0.417. The van der Waals surface area contributed by atoms with Crippen molar-refractivity contribution in [3.63, 3.8) is 0 Å². The molecule has 3 heteroatoms. The lowest BCUT2D eigenvalue weighted by atomic mass is 10.1. The molecule has 0 radical (unpaired) electrons. The van der Waals surface area contributed by atoms with Gasteiger partial charge in [-0.3, -0.25) is 5.41 Å². The van der Waals surface area contributed by atoms with E-state index >= 15 is 0 Å². The molecule has 0 bridgehead atoms. The molecular formula is C12H15FN2. The van der Waals surface area contributed by atoms with Gasteiger partial charge in [-0.2, -0.15) is 0 Å². The summed E-state index contributed by atoms with van der Waals surface area (Å²) in [6, 6.07) is 5.06. The van der Waals surface area contributed by atoms with Crippen LogP contribution in [0.4, 0.5) is 10.1 Å². The fraction of sp³-hybridized carbons (Fsp3) is 0.417. The molecule has 1 saturated heterocycles. The molecule has 0 atom stereocenters. The maximum absolute atomic E-state index is 13.4. The SMILES string of the molecule is Cc1c(F)cccc1N1CCCCC1=N. The van der Waals surface area contributed by atoms with Crippen molar-refractivity contribution in [2.45, 2.75) is 26.2 Å². The van der Waals surface area contributed by atoms with Crippen LogP contribution in [-0.2, 0) is 0 Å². The van der Waals surface area contributed by atoms with Crippen molar-refractivity contribution in [2.75, 3.05) is 11.4 Å². The lowest BCUT2D eigenvalue weighted by Gasteiger charge is -2.30. The van der Waals surface area contributed by atoms with Crippen LogP contribution in [0.1, 0.15) is 24.8 Å². The van der Waals surface area contributed by atoms with Crippen LogP contribution in [0.3, 0.4) is 0 Å². The number of amidine groups is 1. The number of anilines is 1. The molecule has 1 fully saturated rings. The maximum atomic E-state index is 13.4. The Morgan fingerprint density at radius 1 is 1.33 bits per heavy atom. The summed E-state index contributed by atoms with van der Waals surface area (Å²) in [6.07, 6.45) is 2.96. The number of nitrogens with zero attached hydrogens (tertiary/aromatic N) is 1. The van der Waals surface area contributed by atoms with Crippen molar-refractivity contribution >= 4 is 11.5 Å². The van der Waals surface area contributed by atoms with Crippen molar-refractivity contribution in [3.05, 3.63) is 29.6 Å². The predicted molar refractivity (Wildman–Crippen MR) is 60.1 cm³/mol. The number of hydrogen-bond acceptors (Lipinski definition) is 1. The summed E-state index contributed by atoms with van der Waals surface area (Å²) >= 11 is 0. The van der Waals surface area contributed by atoms with Crippen LogP contribution in [0.2, 0.25) is 0 Å². The fourth-order valence-corrected chi connectivity index (χ4v) is 1.99. The first kappa shape index (κ1) is 10.1. The Morgan fingerprint density at radius 2 is 2.13 bits per heavy atom. The second kappa shape index (κ2) is 4.01. The Bertz CT molecular complexity index is 387. The van der Waals surface area contributed by atoms with E-state index in [-0.39, 0.29) is 5.82 Å². The fourth-order valence-electron chi connectivity index (χ4n) is 1.99. The van der Waals surface area contributed by atoms with Crippen LogP contribution >= 0.6 is 0 Å². The van der Waals surface area contributed by atoms with Crippen LogP contribution in [0, 0.1) is 18.2 Å². The number of rotatable bonds is 1. The predicted octanol–water partition coefficient (Wildman–Crippen LogP) is 3.10. The second-order valence-electron chi connectivity index (χ2n) is 3.94. The molecule has 15 heavy (non-hydrogen) atoms. The van der Waals surface area contributed by atoms with Gasteiger partial charge >= 0.3 is 0 Å². The third-order valence-electron chi connectivity index (χ3n) is 2.90. The first-order valence-electron chi connectivity index (χ1n) is 5.30. The monoisotopic (exact) mass is 206 g/mol. The number of halogens is 1. The molecule has 0 aliphatic carbocycles. The zero-order chi connectivity index (χ0) is 10.8. The Kier molecular flexibility index (Phi) is 2.71. The Balaban J connectivity index is 2.35. The van der Waals surface area contributed by atoms with Gasteiger partial charge in [-0.25, -0.2) is 4.39 Å². The lowest BCUT2D eigenvalue weighted by molar-refractivity contribution is 0.617. The van der Waals surface area contributed by atoms with Crippen molar-refractivity contribution in [3.8, 4) is 0 Å². The molecule has 1 aromatic carbocycles. The molecule has 1 N–H and O–H groups in total. The molecule has 2 nitrogen and oxygen atoms in total. The molecule has 0 aromatic heterocycles. The number of hydrogen-bond donors (Lipinski definition) is 1. The van der Waals surface area contributed by atoms with Gasteiger partial charge in [-0.05, 0) is 31.9 Å². The topological polar surface area (TPSA) is 27.1 Å². The van der Waals surface area contributed by atoms with E-state index in [9.17, 15) is 4.39 Å². The summed E-state index contributed by atoms with van der Waals surface area (Å²) in [5.41, 5.74) is 1.49. The van der Waals surface area contributed by atoms with E-state index in [4.69, 9.17) is 5.41 Å². The second-order valence-corrected chi connectivity index (χ2v) is 3.94. The molecule has 1 aromatic rings. The molecular weight excluding hydrogens is 191 g/mol. The minimum absolute atomic E-state index is 0.189. The minimum atomic E-state index is -0.189. The van der Waals surface area contributed by atoms with E-state index in [0.29, 0.717) is 11.4 Å². The van der Waals surface area contributed by atoms with Crippen LogP contribution in [0.25, 0.3) is 0 Å². The highest BCUT2D eigenvalue weighted by Gasteiger charge is 2.18. The average Bonchev–Trinajstić information content (AvgIpc) is 2.23. The van der Waals surface area contributed by atoms with Crippen LogP contribution in [-0.4, -0.2) is 12.4 Å². The largest absolute Gasteiger partial charge is 0.330 e. The molecule has 1 heterocycles. The van der Waals surface area contributed by atoms with Crippen LogP contribution in [0.15, 0.2) is 18.2 Å². The van der Waals surface area contributed by atoms with Crippen LogP contribution in [0.5, 0.6) is 0 Å². The van der Waals surface area contributed by atoms with Crippen molar-refractivity contribution < 1.29 is 4.39 Å². The molecule has 0 saturated carbocycles. The number of nitrogens with one attached hydrogen (secondary N) is 1. The quantitative estimate of drug-likeness (QED) is 0.751. The summed E-state index contributed by atoms with van der Waals surface area (Å²) in [4.78, 5) is 1.92. The molecule has 0 unspecified atom stereocenters. The molecule has 1 aliphatic heterocycles. The zero-order valence-corrected chi connectivity index (χ0v) is 8.89. The Labute approximate surface area is 89.2 Å². The third-order valence-corrected chi connectivity index (χ3v) is 2.90. The van der Waals surface area contributed by atoms with Gasteiger partial charge in [0.05, 0.1) is 0 Å². The van der Waals surface area contributed by atoms with E-state index in [1.807, 2.05) is 11.0 Å². The smallest absolute Gasteiger partial charge is 0.128 e. The van der Waals surface area contributed by atoms with E-state index in [1.165, 1.54) is 6.07 Å². The molecule has 2 rings (SSSR count). The highest BCUT2D eigenvalue weighted by atomic mass is 19.1. The van der Waals surface area contributed by atoms with Crippen LogP contribution < -0.4 is 4.90 Å². The maximum Gasteiger partial charge on any atom is 0.128 e. The van der Waals surface area contributed by atoms with Gasteiger partial charge in [-0.15, -0.1) is 0 Å². The average molecular weight is 206 g/mol. The summed E-state index contributed by atoms with van der Waals surface area (Å²) < 4.78 is 13.4. The summed E-state index contributed by atoms with van der Waals surface area (Å²) in [5, 5.41) is 7.85. The van der Waals surface area contributed by atoms with E-state index in [2.05, 4.69) is 0 Å². The summed E-state index contributed by atoms with van der Waals surface area (Å²) in [7, 11) is 0. The van der Waals surface area contributed by atoms with Gasteiger partial charge in [0.1, 0.15) is 11.7 Å². The van der Waals surface area contributed by atoms with Gasteiger partial charge < -0.3 is 4.90 Å². The zero-order valence-electron chi connectivity index (χ0n) is 8.89. The normalized spacial score (nSPS) is 16.9. The summed E-state index contributed by atoms with van der Waals surface area (Å²) in [6.45, 7) is 2.61. The molecule has 0 amide bonds. The van der Waals surface area contributed by atoms with Crippen molar-refractivity contribution in [2.24, 2.45) is 0 Å².